The summed E-state index contributed by atoms with van der Waals surface area (Å²) in [6.07, 6.45) is 1.96. The number of nitrogens with one attached hydrogen (secondary N) is 1. The fourth-order valence-electron chi connectivity index (χ4n) is 3.91. The molecule has 0 atom stereocenters. The number of benzene rings is 1. The van der Waals surface area contributed by atoms with Crippen molar-refractivity contribution in [2.45, 2.75) is 13.5 Å². The van der Waals surface area contributed by atoms with Gasteiger partial charge in [0.2, 0.25) is 0 Å². The van der Waals surface area contributed by atoms with Gasteiger partial charge in [-0.25, -0.2) is 15.0 Å². The van der Waals surface area contributed by atoms with Crippen molar-refractivity contribution >= 4 is 44.1 Å². The van der Waals surface area contributed by atoms with Crippen LogP contribution < -0.4 is 10.2 Å². The second kappa shape index (κ2) is 9.43. The van der Waals surface area contributed by atoms with E-state index in [0.29, 0.717) is 0 Å². The van der Waals surface area contributed by atoms with Gasteiger partial charge in [-0.2, -0.15) is 0 Å². The summed E-state index contributed by atoms with van der Waals surface area (Å²) in [5.41, 5.74) is 4.47. The number of likely N-dealkylation sites (N-methyl/N-ethyl adjacent to an activating group) is 1. The summed E-state index contributed by atoms with van der Waals surface area (Å²) in [4.78, 5) is 22.0. The minimum atomic E-state index is 0.798. The Bertz CT molecular complexity index is 1210. The van der Waals surface area contributed by atoms with Crippen LogP contribution in [0.3, 0.4) is 0 Å². The lowest BCUT2D eigenvalue weighted by atomic mass is 10.2. The molecule has 1 saturated heterocycles. The van der Waals surface area contributed by atoms with Crippen LogP contribution in [0.15, 0.2) is 54.7 Å². The van der Waals surface area contributed by atoms with Crippen molar-refractivity contribution in [3.8, 4) is 0 Å². The molecule has 0 amide bonds. The van der Waals surface area contributed by atoms with Crippen LogP contribution in [-0.4, -0.2) is 65.0 Å². The van der Waals surface area contributed by atoms with Gasteiger partial charge in [-0.3, -0.25) is 4.90 Å². The van der Waals surface area contributed by atoms with Crippen LogP contribution in [0.4, 0.5) is 22.5 Å². The number of piperazine rings is 1. The summed E-state index contributed by atoms with van der Waals surface area (Å²) in [6.45, 7) is 7.51. The quantitative estimate of drug-likeness (QED) is 0.450. The van der Waals surface area contributed by atoms with Crippen molar-refractivity contribution < 1.29 is 0 Å². The minimum absolute atomic E-state index is 0.798. The largest absolute Gasteiger partial charge is 0.329 e. The van der Waals surface area contributed by atoms with E-state index in [4.69, 9.17) is 4.98 Å². The topological polar surface area (TPSA) is 60.4 Å². The molecule has 0 radical (unpaired) electrons. The number of pyridine rings is 2. The first-order valence-electron chi connectivity index (χ1n) is 11.2. The van der Waals surface area contributed by atoms with Crippen molar-refractivity contribution in [3.05, 3.63) is 65.9 Å². The molecule has 5 rings (SSSR count). The van der Waals surface area contributed by atoms with Crippen molar-refractivity contribution in [1.29, 1.82) is 0 Å². The Balaban J connectivity index is 1.26. The molecule has 1 aliphatic heterocycles. The molecule has 0 saturated carbocycles. The van der Waals surface area contributed by atoms with Crippen molar-refractivity contribution in [2.24, 2.45) is 0 Å². The van der Waals surface area contributed by atoms with E-state index in [9.17, 15) is 0 Å². The first kappa shape index (κ1) is 21.8. The van der Waals surface area contributed by atoms with Crippen LogP contribution in [0.5, 0.6) is 0 Å². The number of rotatable bonds is 6. The number of aromatic nitrogens is 3. The second-order valence-corrected chi connectivity index (χ2v) is 9.64. The number of aryl methyl sites for hydroxylation is 1. The lowest BCUT2D eigenvalue weighted by molar-refractivity contribution is 0.148. The highest BCUT2D eigenvalue weighted by Gasteiger charge is 2.14. The highest BCUT2D eigenvalue weighted by Crippen LogP contribution is 2.30. The smallest absolute Gasteiger partial charge is 0.190 e. The zero-order chi connectivity index (χ0) is 22.8. The third-order valence-electron chi connectivity index (χ3n) is 6.07. The second-order valence-electron chi connectivity index (χ2n) is 8.66. The predicted octanol–water partition coefficient (Wildman–Crippen LogP) is 4.65. The van der Waals surface area contributed by atoms with E-state index in [1.807, 2.05) is 31.4 Å². The Hall–Kier alpha value is -3.07. The van der Waals surface area contributed by atoms with Crippen LogP contribution in [0, 0.1) is 6.92 Å². The maximum atomic E-state index is 4.83. The number of hydrogen-bond acceptors (Lipinski definition) is 8. The number of thiazole rings is 1. The van der Waals surface area contributed by atoms with Crippen LogP contribution in [0.25, 0.3) is 10.3 Å². The molecule has 1 N–H and O–H groups in total. The highest BCUT2D eigenvalue weighted by molar-refractivity contribution is 7.21. The molecule has 3 aromatic heterocycles. The van der Waals surface area contributed by atoms with Gasteiger partial charge >= 0.3 is 0 Å². The van der Waals surface area contributed by atoms with Crippen molar-refractivity contribution in [3.63, 3.8) is 0 Å². The monoisotopic (exact) mass is 459 g/mol. The van der Waals surface area contributed by atoms with Gasteiger partial charge in [-0.1, -0.05) is 35.1 Å². The first-order valence-corrected chi connectivity index (χ1v) is 12.1. The Labute approximate surface area is 198 Å². The lowest BCUT2D eigenvalue weighted by Crippen LogP contribution is -2.43. The molecule has 4 heterocycles. The van der Waals surface area contributed by atoms with Gasteiger partial charge in [-0.15, -0.1) is 0 Å². The Morgan fingerprint density at radius 1 is 0.970 bits per heavy atom. The number of nitrogens with zero attached hydrogens (tertiary/aromatic N) is 6. The van der Waals surface area contributed by atoms with Gasteiger partial charge in [-0.05, 0) is 49.9 Å². The van der Waals surface area contributed by atoms with E-state index < -0.39 is 0 Å². The summed E-state index contributed by atoms with van der Waals surface area (Å²) in [5, 5.41) is 4.14. The molecule has 1 aliphatic rings. The van der Waals surface area contributed by atoms with Gasteiger partial charge in [0.15, 0.2) is 5.13 Å². The molecule has 0 spiro atoms. The van der Waals surface area contributed by atoms with Gasteiger partial charge < -0.3 is 15.1 Å². The molecule has 33 heavy (non-hydrogen) atoms. The number of fused-ring (bicyclic) bond motifs is 1. The number of anilines is 4. The maximum Gasteiger partial charge on any atom is 0.190 e. The molecule has 8 heteroatoms. The average molecular weight is 460 g/mol. The average Bonchev–Trinajstić information content (AvgIpc) is 3.23. The van der Waals surface area contributed by atoms with E-state index in [0.717, 1.165) is 65.5 Å². The van der Waals surface area contributed by atoms with E-state index in [2.05, 4.69) is 74.3 Å². The fourth-order valence-corrected chi connectivity index (χ4v) is 4.75. The number of hydrogen-bond donors (Lipinski definition) is 1. The molecule has 1 aromatic carbocycles. The normalized spacial score (nSPS) is 15.1. The van der Waals surface area contributed by atoms with E-state index >= 15 is 0 Å². The molecule has 7 nitrogen and oxygen atoms in total. The van der Waals surface area contributed by atoms with Gasteiger partial charge in [0.25, 0.3) is 0 Å². The van der Waals surface area contributed by atoms with Gasteiger partial charge in [0.1, 0.15) is 22.0 Å². The highest BCUT2D eigenvalue weighted by atomic mass is 32.1. The summed E-state index contributed by atoms with van der Waals surface area (Å²) >= 11 is 1.54. The van der Waals surface area contributed by atoms with Crippen molar-refractivity contribution in [1.82, 2.24) is 24.8 Å². The zero-order valence-electron chi connectivity index (χ0n) is 19.3. The van der Waals surface area contributed by atoms with Crippen LogP contribution in [-0.2, 0) is 6.54 Å². The first-order chi connectivity index (χ1) is 16.0. The molecule has 0 aliphatic carbocycles. The van der Waals surface area contributed by atoms with Crippen LogP contribution in [0.2, 0.25) is 0 Å². The third-order valence-corrected chi connectivity index (χ3v) is 6.95. The summed E-state index contributed by atoms with van der Waals surface area (Å²) < 4.78 is 0. The fraction of sp³-hybridized carbons (Fsp3) is 0.320. The summed E-state index contributed by atoms with van der Waals surface area (Å²) in [6, 6.07) is 16.7. The molecule has 170 valence electrons. The third kappa shape index (κ3) is 5.13. The van der Waals surface area contributed by atoms with E-state index in [-0.39, 0.29) is 0 Å². The SMILES string of the molecule is Cc1ccc(N(C)c2ccc3nc(Nc4ccc(CN5CCN(C)CC5)cn4)sc3n2)cc1. The lowest BCUT2D eigenvalue weighted by Gasteiger charge is -2.32. The molecule has 0 bridgehead atoms. The predicted molar refractivity (Wildman–Crippen MR) is 137 cm³/mol. The molecule has 0 unspecified atom stereocenters. The Kier molecular flexibility index (Phi) is 6.22. The summed E-state index contributed by atoms with van der Waals surface area (Å²) in [5.74, 6) is 1.70. The van der Waals surface area contributed by atoms with Gasteiger partial charge in [0.05, 0.1) is 0 Å². The van der Waals surface area contributed by atoms with E-state index in [1.54, 1.807) is 11.3 Å². The summed E-state index contributed by atoms with van der Waals surface area (Å²) in [7, 11) is 4.21. The minimum Gasteiger partial charge on any atom is -0.329 e. The van der Waals surface area contributed by atoms with Crippen LogP contribution >= 0.6 is 11.3 Å². The van der Waals surface area contributed by atoms with Crippen LogP contribution in [0.1, 0.15) is 11.1 Å². The van der Waals surface area contributed by atoms with Crippen molar-refractivity contribution in [2.75, 3.05) is 50.5 Å². The Morgan fingerprint density at radius 2 is 1.76 bits per heavy atom. The molecule has 1 fully saturated rings. The molecular weight excluding hydrogens is 430 g/mol. The van der Waals surface area contributed by atoms with E-state index in [1.165, 1.54) is 11.1 Å². The molecule has 4 aromatic rings. The standard InChI is InChI=1S/C25H29N7S/c1-18-4-7-20(8-5-18)31(3)23-11-9-21-24(29-23)33-25(27-21)28-22-10-6-19(16-26-22)17-32-14-12-30(2)13-15-32/h4-11,16H,12-15,17H2,1-3H3,(H,26,27,28). The molecular formula is C25H29N7S. The zero-order valence-corrected chi connectivity index (χ0v) is 20.1. The maximum absolute atomic E-state index is 4.83. The Morgan fingerprint density at radius 3 is 2.48 bits per heavy atom. The van der Waals surface area contributed by atoms with Gasteiger partial charge in [0, 0.05) is 51.7 Å².